The lowest BCUT2D eigenvalue weighted by atomic mass is 9.87. The molecular formula is C20H29N5O4. The van der Waals surface area contributed by atoms with Crippen LogP contribution >= 0.6 is 0 Å². The summed E-state index contributed by atoms with van der Waals surface area (Å²) in [6.45, 7) is 9.22. The van der Waals surface area contributed by atoms with Crippen LogP contribution in [0.3, 0.4) is 0 Å². The molecular weight excluding hydrogens is 374 g/mol. The van der Waals surface area contributed by atoms with Crippen LogP contribution in [0.2, 0.25) is 0 Å². The molecule has 0 radical (unpaired) electrons. The summed E-state index contributed by atoms with van der Waals surface area (Å²) < 4.78 is 0. The van der Waals surface area contributed by atoms with Crippen molar-refractivity contribution in [2.45, 2.75) is 53.9 Å². The maximum atomic E-state index is 12.3. The van der Waals surface area contributed by atoms with Crippen molar-refractivity contribution < 1.29 is 19.2 Å². The van der Waals surface area contributed by atoms with E-state index in [2.05, 4.69) is 15.8 Å². The molecule has 0 aliphatic rings. The molecule has 9 nitrogen and oxygen atoms in total. The first-order valence-electron chi connectivity index (χ1n) is 9.20. The second-order valence-corrected chi connectivity index (χ2v) is 7.79. The number of hydrazone groups is 1. The summed E-state index contributed by atoms with van der Waals surface area (Å²) in [6, 6.07) is 5.60. The zero-order valence-corrected chi connectivity index (χ0v) is 17.5. The molecule has 0 heterocycles. The van der Waals surface area contributed by atoms with Gasteiger partial charge in [-0.15, -0.1) is 0 Å². The van der Waals surface area contributed by atoms with Gasteiger partial charge in [-0.3, -0.25) is 24.6 Å². The molecule has 0 saturated heterocycles. The molecule has 5 N–H and O–H groups in total. The minimum atomic E-state index is -1.07. The molecule has 0 atom stereocenters. The van der Waals surface area contributed by atoms with Crippen molar-refractivity contribution in [1.29, 1.82) is 0 Å². The van der Waals surface area contributed by atoms with E-state index in [0.717, 1.165) is 11.1 Å². The molecule has 0 aliphatic carbocycles. The van der Waals surface area contributed by atoms with Gasteiger partial charge in [0.1, 0.15) is 5.78 Å². The summed E-state index contributed by atoms with van der Waals surface area (Å²) in [4.78, 5) is 47.3. The number of hydrogen-bond acceptors (Lipinski definition) is 6. The van der Waals surface area contributed by atoms with E-state index in [-0.39, 0.29) is 31.0 Å². The van der Waals surface area contributed by atoms with Gasteiger partial charge in [0.25, 0.3) is 0 Å². The van der Waals surface area contributed by atoms with Gasteiger partial charge >= 0.3 is 11.8 Å². The molecule has 0 bridgehead atoms. The van der Waals surface area contributed by atoms with Crippen molar-refractivity contribution in [2.75, 3.05) is 5.32 Å². The summed E-state index contributed by atoms with van der Waals surface area (Å²) in [6.07, 6.45) is 0.149. The van der Waals surface area contributed by atoms with Crippen LogP contribution in [0.25, 0.3) is 0 Å². The van der Waals surface area contributed by atoms with E-state index in [1.807, 2.05) is 32.0 Å². The fourth-order valence-corrected chi connectivity index (χ4v) is 2.18. The molecule has 158 valence electrons. The predicted octanol–water partition coefficient (Wildman–Crippen LogP) is 1.49. The van der Waals surface area contributed by atoms with Crippen LogP contribution in [0.15, 0.2) is 23.3 Å². The number of aryl methyl sites for hydroxylation is 2. The Kier molecular flexibility index (Phi) is 8.65. The largest absolute Gasteiger partial charge is 0.330 e. The predicted molar refractivity (Wildman–Crippen MR) is 111 cm³/mol. The van der Waals surface area contributed by atoms with Crippen LogP contribution in [0, 0.1) is 19.3 Å². The highest BCUT2D eigenvalue weighted by atomic mass is 16.2. The zero-order chi connectivity index (χ0) is 22.2. The number of anilines is 1. The Hall–Kier alpha value is -3.07. The van der Waals surface area contributed by atoms with Gasteiger partial charge in [-0.1, -0.05) is 26.8 Å². The average Bonchev–Trinajstić information content (AvgIpc) is 2.64. The van der Waals surface area contributed by atoms with Gasteiger partial charge in [-0.05, 0) is 43.5 Å². The fraction of sp³-hybridized carbons (Fsp3) is 0.450. The number of nitrogens with zero attached hydrogens (tertiary/aromatic N) is 1. The lowest BCUT2D eigenvalue weighted by Crippen LogP contribution is -2.41. The molecule has 1 aromatic rings. The van der Waals surface area contributed by atoms with Gasteiger partial charge in [0, 0.05) is 29.7 Å². The Morgan fingerprint density at radius 1 is 1.00 bits per heavy atom. The molecule has 0 spiro atoms. The number of benzene rings is 1. The van der Waals surface area contributed by atoms with Crippen molar-refractivity contribution in [2.24, 2.45) is 16.4 Å². The molecule has 0 fully saturated rings. The summed E-state index contributed by atoms with van der Waals surface area (Å²) in [5.41, 5.74) is 6.27. The van der Waals surface area contributed by atoms with Crippen LogP contribution in [0.1, 0.15) is 51.2 Å². The standard InChI is InChI=1S/C20H29N5O4/c1-12-6-7-14(10-13(12)2)22-17(27)9-8-15(11-16(26)20(3,4)5)24-25-19(29)18(28)23-21/h6-7,10H,8-9,11,21H2,1-5H3,(H,22,27)(H,23,28)(H,25,29). The maximum Gasteiger partial charge on any atom is 0.330 e. The number of Topliss-reactive ketones (excluding diaryl/α,β-unsaturated/α-hetero) is 1. The smallest absolute Gasteiger partial charge is 0.326 e. The fourth-order valence-electron chi connectivity index (χ4n) is 2.18. The number of hydrazine groups is 1. The number of rotatable bonds is 7. The second kappa shape index (κ2) is 10.5. The Labute approximate surface area is 170 Å². The highest BCUT2D eigenvalue weighted by Crippen LogP contribution is 2.18. The third-order valence-electron chi connectivity index (χ3n) is 4.29. The van der Waals surface area contributed by atoms with Crippen LogP contribution < -0.4 is 22.0 Å². The highest BCUT2D eigenvalue weighted by molar-refractivity contribution is 6.34. The number of carbonyl (C=O) groups excluding carboxylic acids is 4. The minimum absolute atomic E-state index is 0.0507. The number of hydrogen-bond donors (Lipinski definition) is 4. The molecule has 29 heavy (non-hydrogen) atoms. The number of carbonyl (C=O) groups is 4. The van der Waals surface area contributed by atoms with Crippen molar-refractivity contribution in [3.8, 4) is 0 Å². The molecule has 1 rings (SSSR count). The molecule has 0 saturated carbocycles. The van der Waals surface area contributed by atoms with E-state index >= 15 is 0 Å². The Morgan fingerprint density at radius 3 is 2.21 bits per heavy atom. The number of nitrogens with one attached hydrogen (secondary N) is 3. The van der Waals surface area contributed by atoms with Gasteiger partial charge in [0.2, 0.25) is 5.91 Å². The third-order valence-corrected chi connectivity index (χ3v) is 4.29. The van der Waals surface area contributed by atoms with E-state index < -0.39 is 17.2 Å². The maximum absolute atomic E-state index is 12.3. The van der Waals surface area contributed by atoms with Gasteiger partial charge in [0.15, 0.2) is 0 Å². The van der Waals surface area contributed by atoms with Gasteiger partial charge in [-0.25, -0.2) is 11.3 Å². The molecule has 0 aromatic heterocycles. The van der Waals surface area contributed by atoms with Crippen molar-refractivity contribution in [1.82, 2.24) is 10.9 Å². The Balaban J connectivity index is 2.80. The van der Waals surface area contributed by atoms with E-state index in [9.17, 15) is 19.2 Å². The molecule has 3 amide bonds. The zero-order valence-electron chi connectivity index (χ0n) is 17.5. The summed E-state index contributed by atoms with van der Waals surface area (Å²) in [7, 11) is 0. The first-order valence-corrected chi connectivity index (χ1v) is 9.20. The number of nitrogens with two attached hydrogens (primary N) is 1. The lowest BCUT2D eigenvalue weighted by molar-refractivity contribution is -0.139. The molecule has 1 aromatic carbocycles. The van der Waals surface area contributed by atoms with Crippen molar-refractivity contribution in [3.05, 3.63) is 29.3 Å². The second-order valence-electron chi connectivity index (χ2n) is 7.79. The lowest BCUT2D eigenvalue weighted by Gasteiger charge is -2.17. The van der Waals surface area contributed by atoms with Crippen LogP contribution in [-0.2, 0) is 19.2 Å². The van der Waals surface area contributed by atoms with Gasteiger partial charge in [0.05, 0.1) is 0 Å². The summed E-state index contributed by atoms with van der Waals surface area (Å²) >= 11 is 0. The quantitative estimate of drug-likeness (QED) is 0.179. The summed E-state index contributed by atoms with van der Waals surface area (Å²) in [5, 5.41) is 6.65. The third kappa shape index (κ3) is 8.22. The molecule has 9 heteroatoms. The van der Waals surface area contributed by atoms with E-state index in [1.54, 1.807) is 26.2 Å². The normalized spacial score (nSPS) is 11.6. The van der Waals surface area contributed by atoms with Crippen LogP contribution in [0.4, 0.5) is 5.69 Å². The first-order chi connectivity index (χ1) is 13.4. The average molecular weight is 403 g/mol. The van der Waals surface area contributed by atoms with E-state index in [1.165, 1.54) is 0 Å². The van der Waals surface area contributed by atoms with E-state index in [0.29, 0.717) is 11.4 Å². The van der Waals surface area contributed by atoms with Crippen molar-refractivity contribution >= 4 is 34.9 Å². The van der Waals surface area contributed by atoms with Crippen LogP contribution in [0.5, 0.6) is 0 Å². The number of amides is 3. The SMILES string of the molecule is Cc1ccc(NC(=O)CCC(CC(=O)C(C)(C)C)=NNC(=O)C(=O)NN)cc1C. The minimum Gasteiger partial charge on any atom is -0.326 e. The first kappa shape index (κ1) is 24.0. The Morgan fingerprint density at radius 2 is 1.66 bits per heavy atom. The van der Waals surface area contributed by atoms with E-state index in [4.69, 9.17) is 5.84 Å². The summed E-state index contributed by atoms with van der Waals surface area (Å²) in [5.74, 6) is 2.40. The topological polar surface area (TPSA) is 143 Å². The van der Waals surface area contributed by atoms with Gasteiger partial charge in [-0.2, -0.15) is 5.10 Å². The number of ketones is 1. The van der Waals surface area contributed by atoms with Crippen LogP contribution in [-0.4, -0.2) is 29.2 Å². The monoisotopic (exact) mass is 403 g/mol. The molecule has 0 aliphatic heterocycles. The highest BCUT2D eigenvalue weighted by Gasteiger charge is 2.23. The Bertz CT molecular complexity index is 825. The van der Waals surface area contributed by atoms with Crippen molar-refractivity contribution in [3.63, 3.8) is 0 Å². The van der Waals surface area contributed by atoms with Gasteiger partial charge < -0.3 is 5.32 Å². The molecule has 0 unspecified atom stereocenters.